The minimum absolute atomic E-state index is 0.219. The van der Waals surface area contributed by atoms with Crippen LogP contribution in [-0.2, 0) is 11.2 Å². The van der Waals surface area contributed by atoms with E-state index in [1.54, 1.807) is 19.1 Å². The lowest BCUT2D eigenvalue weighted by Crippen LogP contribution is -2.50. The first-order valence-corrected chi connectivity index (χ1v) is 6.44. The van der Waals surface area contributed by atoms with Crippen LogP contribution in [0.15, 0.2) is 16.5 Å². The Bertz CT molecular complexity index is 458. The first-order valence-electron chi connectivity index (χ1n) is 6.44. The van der Waals surface area contributed by atoms with E-state index in [1.165, 1.54) is 0 Å². The molecule has 0 saturated carbocycles. The van der Waals surface area contributed by atoms with Gasteiger partial charge in [-0.25, -0.2) is 0 Å². The van der Waals surface area contributed by atoms with Crippen molar-refractivity contribution in [1.82, 2.24) is 10.6 Å². The topological polar surface area (TPSA) is 71.3 Å². The molecule has 5 nitrogen and oxygen atoms in total. The normalized spacial score (nSPS) is 12.9. The van der Waals surface area contributed by atoms with Gasteiger partial charge in [0.2, 0.25) is 5.91 Å². The lowest BCUT2D eigenvalue weighted by molar-refractivity contribution is -0.124. The third-order valence-electron chi connectivity index (χ3n) is 2.47. The summed E-state index contributed by atoms with van der Waals surface area (Å²) in [6.45, 7) is 9.25. The highest BCUT2D eigenvalue weighted by atomic mass is 16.3. The summed E-state index contributed by atoms with van der Waals surface area (Å²) >= 11 is 0. The van der Waals surface area contributed by atoms with Crippen LogP contribution in [0.3, 0.4) is 0 Å². The third-order valence-corrected chi connectivity index (χ3v) is 2.47. The number of aryl methyl sites for hydroxylation is 1. The van der Waals surface area contributed by atoms with Crippen LogP contribution in [-0.4, -0.2) is 23.4 Å². The lowest BCUT2D eigenvalue weighted by Gasteiger charge is -2.23. The van der Waals surface area contributed by atoms with Crippen molar-refractivity contribution >= 4 is 11.8 Å². The molecule has 0 radical (unpaired) electrons. The average Bonchev–Trinajstić information content (AvgIpc) is 2.75. The fourth-order valence-electron chi connectivity index (χ4n) is 1.50. The van der Waals surface area contributed by atoms with Crippen LogP contribution in [0.25, 0.3) is 0 Å². The predicted octanol–water partition coefficient (Wildman–Crippen LogP) is 1.87. The number of nitrogens with one attached hydrogen (secondary N) is 2. The molecule has 0 aliphatic carbocycles. The summed E-state index contributed by atoms with van der Waals surface area (Å²) < 4.78 is 5.33. The Balaban J connectivity index is 2.59. The molecule has 0 aliphatic heterocycles. The largest absolute Gasteiger partial charge is 0.456 e. The van der Waals surface area contributed by atoms with Gasteiger partial charge in [0, 0.05) is 12.0 Å². The van der Waals surface area contributed by atoms with Gasteiger partial charge < -0.3 is 15.1 Å². The van der Waals surface area contributed by atoms with Crippen LogP contribution in [0.2, 0.25) is 0 Å². The zero-order valence-electron chi connectivity index (χ0n) is 12.2. The maximum atomic E-state index is 11.9. The zero-order valence-corrected chi connectivity index (χ0v) is 12.2. The number of hydrogen-bond donors (Lipinski definition) is 2. The second-order valence-corrected chi connectivity index (χ2v) is 5.55. The first kappa shape index (κ1) is 15.3. The highest BCUT2D eigenvalue weighted by molar-refractivity contribution is 5.95. The highest BCUT2D eigenvalue weighted by Crippen LogP contribution is 2.08. The molecule has 5 heteroatoms. The first-order chi connectivity index (χ1) is 8.73. The van der Waals surface area contributed by atoms with Gasteiger partial charge in [-0.3, -0.25) is 9.59 Å². The molecule has 0 aromatic carbocycles. The summed E-state index contributed by atoms with van der Waals surface area (Å²) in [6, 6.07) is 2.76. The molecule has 2 amide bonds. The molecule has 0 saturated heterocycles. The molecular weight excluding hydrogens is 244 g/mol. The molecule has 2 N–H and O–H groups in total. The Morgan fingerprint density at radius 2 is 1.95 bits per heavy atom. The summed E-state index contributed by atoms with van der Waals surface area (Å²) in [4.78, 5) is 23.7. The predicted molar refractivity (Wildman–Crippen MR) is 72.9 cm³/mol. The van der Waals surface area contributed by atoms with Crippen LogP contribution in [0, 0.1) is 0 Å². The Hall–Kier alpha value is -1.78. The number of rotatable bonds is 4. The maximum Gasteiger partial charge on any atom is 0.287 e. The van der Waals surface area contributed by atoms with Crippen molar-refractivity contribution in [2.45, 2.75) is 52.6 Å². The molecule has 106 valence electrons. The van der Waals surface area contributed by atoms with Gasteiger partial charge >= 0.3 is 0 Å². The minimum Gasteiger partial charge on any atom is -0.456 e. The van der Waals surface area contributed by atoms with Crippen LogP contribution in [0.4, 0.5) is 0 Å². The van der Waals surface area contributed by atoms with Crippen LogP contribution in [0.1, 0.15) is 50.9 Å². The van der Waals surface area contributed by atoms with Crippen molar-refractivity contribution in [2.24, 2.45) is 0 Å². The van der Waals surface area contributed by atoms with E-state index in [-0.39, 0.29) is 23.1 Å². The van der Waals surface area contributed by atoms with E-state index in [2.05, 4.69) is 10.6 Å². The van der Waals surface area contributed by atoms with Gasteiger partial charge in [0.15, 0.2) is 5.76 Å². The van der Waals surface area contributed by atoms with Gasteiger partial charge in [0.25, 0.3) is 5.91 Å². The molecule has 1 aromatic rings. The highest BCUT2D eigenvalue weighted by Gasteiger charge is 2.22. The van der Waals surface area contributed by atoms with Crippen LogP contribution < -0.4 is 10.6 Å². The Morgan fingerprint density at radius 3 is 2.42 bits per heavy atom. The van der Waals surface area contributed by atoms with Crippen molar-refractivity contribution in [3.63, 3.8) is 0 Å². The molecule has 1 aromatic heterocycles. The number of amides is 2. The lowest BCUT2D eigenvalue weighted by atomic mass is 10.1. The standard InChI is InChI=1S/C14H22N2O3/c1-6-10-7-8-11(19-10)13(18)15-9(2)12(17)16-14(3,4)5/h7-9H,6H2,1-5H3,(H,15,18)(H,16,17). The monoisotopic (exact) mass is 266 g/mol. The average molecular weight is 266 g/mol. The number of hydrogen-bond acceptors (Lipinski definition) is 3. The van der Waals surface area contributed by atoms with Gasteiger partial charge in [-0.05, 0) is 39.8 Å². The van der Waals surface area contributed by atoms with Gasteiger partial charge in [-0.1, -0.05) is 6.92 Å². The van der Waals surface area contributed by atoms with E-state index in [4.69, 9.17) is 4.42 Å². The van der Waals surface area contributed by atoms with Crippen molar-refractivity contribution in [3.8, 4) is 0 Å². The Kier molecular flexibility index (Phi) is 4.75. The van der Waals surface area contributed by atoms with Crippen molar-refractivity contribution in [3.05, 3.63) is 23.7 Å². The summed E-state index contributed by atoms with van der Waals surface area (Å²) in [5, 5.41) is 5.42. The molecule has 19 heavy (non-hydrogen) atoms. The molecule has 0 aliphatic rings. The Morgan fingerprint density at radius 1 is 1.32 bits per heavy atom. The van der Waals surface area contributed by atoms with Gasteiger partial charge in [-0.2, -0.15) is 0 Å². The molecule has 1 atom stereocenters. The fraction of sp³-hybridized carbons (Fsp3) is 0.571. The molecule has 0 fully saturated rings. The van der Waals surface area contributed by atoms with Crippen molar-refractivity contribution in [1.29, 1.82) is 0 Å². The maximum absolute atomic E-state index is 11.9. The fourth-order valence-corrected chi connectivity index (χ4v) is 1.50. The molecule has 1 unspecified atom stereocenters. The molecule has 1 heterocycles. The summed E-state index contributed by atoms with van der Waals surface area (Å²) in [7, 11) is 0. The van der Waals surface area contributed by atoms with Gasteiger partial charge in [-0.15, -0.1) is 0 Å². The molecular formula is C14H22N2O3. The number of carbonyl (C=O) groups excluding carboxylic acids is 2. The molecule has 1 rings (SSSR count). The second-order valence-electron chi connectivity index (χ2n) is 5.55. The number of carbonyl (C=O) groups is 2. The molecule has 0 spiro atoms. The SMILES string of the molecule is CCc1ccc(C(=O)NC(C)C(=O)NC(C)(C)C)o1. The molecule has 0 bridgehead atoms. The smallest absolute Gasteiger partial charge is 0.287 e. The zero-order chi connectivity index (χ0) is 14.6. The van der Waals surface area contributed by atoms with Crippen molar-refractivity contribution < 1.29 is 14.0 Å². The van der Waals surface area contributed by atoms with E-state index in [0.717, 1.165) is 12.2 Å². The second kappa shape index (κ2) is 5.91. The van der Waals surface area contributed by atoms with Crippen molar-refractivity contribution in [2.75, 3.05) is 0 Å². The van der Waals surface area contributed by atoms with E-state index in [1.807, 2.05) is 27.7 Å². The van der Waals surface area contributed by atoms with E-state index in [9.17, 15) is 9.59 Å². The van der Waals surface area contributed by atoms with E-state index in [0.29, 0.717) is 0 Å². The van der Waals surface area contributed by atoms with Gasteiger partial charge in [0.1, 0.15) is 11.8 Å². The number of furan rings is 1. The van der Waals surface area contributed by atoms with Gasteiger partial charge in [0.05, 0.1) is 0 Å². The van der Waals surface area contributed by atoms with E-state index >= 15 is 0 Å². The quantitative estimate of drug-likeness (QED) is 0.874. The third kappa shape index (κ3) is 4.77. The summed E-state index contributed by atoms with van der Waals surface area (Å²) in [5.74, 6) is 0.378. The summed E-state index contributed by atoms with van der Waals surface area (Å²) in [5.41, 5.74) is -0.323. The minimum atomic E-state index is -0.609. The van der Waals surface area contributed by atoms with Crippen LogP contribution in [0.5, 0.6) is 0 Å². The summed E-state index contributed by atoms with van der Waals surface area (Å²) in [6.07, 6.45) is 0.730. The van der Waals surface area contributed by atoms with Crippen LogP contribution >= 0.6 is 0 Å². The Labute approximate surface area is 113 Å². The van der Waals surface area contributed by atoms with E-state index < -0.39 is 6.04 Å².